The van der Waals surface area contributed by atoms with E-state index in [1.165, 1.54) is 0 Å². The maximum absolute atomic E-state index is 11.8. The van der Waals surface area contributed by atoms with Crippen LogP contribution in [-0.2, 0) is 39.1 Å². The van der Waals surface area contributed by atoms with Gasteiger partial charge in [-0.2, -0.15) is 0 Å². The number of esters is 1. The van der Waals surface area contributed by atoms with Gasteiger partial charge in [0.1, 0.15) is 18.0 Å². The van der Waals surface area contributed by atoms with Crippen molar-refractivity contribution in [1.82, 2.24) is 20.0 Å². The molecule has 2 aromatic rings. The molecule has 1 aliphatic rings. The minimum atomic E-state index is -0.366. The van der Waals surface area contributed by atoms with E-state index in [4.69, 9.17) is 30.3 Å². The lowest BCUT2D eigenvalue weighted by atomic mass is 10.1. The summed E-state index contributed by atoms with van der Waals surface area (Å²) in [6.45, 7) is 6.13. The van der Waals surface area contributed by atoms with E-state index in [-0.39, 0.29) is 31.1 Å². The molecule has 3 N–H and O–H groups in total. The van der Waals surface area contributed by atoms with E-state index in [1.54, 1.807) is 18.7 Å². The van der Waals surface area contributed by atoms with Crippen LogP contribution in [0.1, 0.15) is 31.7 Å². The summed E-state index contributed by atoms with van der Waals surface area (Å²) in [4.78, 5) is 18.8. The van der Waals surface area contributed by atoms with Gasteiger partial charge in [-0.25, -0.2) is 9.67 Å². The zero-order valence-corrected chi connectivity index (χ0v) is 18.1. The fraction of sp³-hybridized carbons (Fsp3) is 0.550. The van der Waals surface area contributed by atoms with Gasteiger partial charge >= 0.3 is 5.97 Å². The number of anilines is 1. The van der Waals surface area contributed by atoms with Gasteiger partial charge in [0, 0.05) is 20.1 Å². The van der Waals surface area contributed by atoms with Crippen LogP contribution in [0.5, 0.6) is 0 Å². The van der Waals surface area contributed by atoms with E-state index in [1.807, 2.05) is 19.1 Å². The van der Waals surface area contributed by atoms with Crippen molar-refractivity contribution in [3.05, 3.63) is 23.5 Å². The van der Waals surface area contributed by atoms with Crippen molar-refractivity contribution >= 4 is 17.7 Å². The molecule has 0 radical (unpaired) electrons. The van der Waals surface area contributed by atoms with Crippen molar-refractivity contribution in [1.29, 1.82) is 5.41 Å². The average molecular weight is 431 g/mol. The molecule has 0 bridgehead atoms. The lowest BCUT2D eigenvalue weighted by Crippen LogP contribution is -2.44. The van der Waals surface area contributed by atoms with Gasteiger partial charge in [0.2, 0.25) is 0 Å². The van der Waals surface area contributed by atoms with Gasteiger partial charge in [-0.15, -0.1) is 5.10 Å². The van der Waals surface area contributed by atoms with E-state index >= 15 is 0 Å². The zero-order chi connectivity index (χ0) is 22.4. The van der Waals surface area contributed by atoms with Crippen molar-refractivity contribution in [3.8, 4) is 11.4 Å². The van der Waals surface area contributed by atoms with Crippen LogP contribution in [0.15, 0.2) is 12.1 Å². The Labute approximate surface area is 181 Å². The summed E-state index contributed by atoms with van der Waals surface area (Å²) in [7, 11) is 1.75. The molecule has 0 aliphatic carbocycles. The number of pyridine rings is 1. The molecule has 3 heterocycles. The number of nitrogens with zero attached hydrogens (tertiary/aromatic N) is 5. The number of hydrogen-bond donors (Lipinski definition) is 2. The molecule has 11 nitrogen and oxygen atoms in total. The highest BCUT2D eigenvalue weighted by Crippen LogP contribution is 2.27. The Hall–Kier alpha value is -3.21. The van der Waals surface area contributed by atoms with Crippen molar-refractivity contribution < 1.29 is 19.0 Å². The molecule has 1 saturated heterocycles. The molecule has 0 spiro atoms. The van der Waals surface area contributed by atoms with Crippen LogP contribution in [0.3, 0.4) is 0 Å². The molecule has 1 atom stereocenters. The number of carbonyl (C=O) groups excluding carboxylic acids is 1. The van der Waals surface area contributed by atoms with Crippen LogP contribution >= 0.6 is 0 Å². The van der Waals surface area contributed by atoms with Crippen molar-refractivity contribution in [2.45, 2.75) is 39.4 Å². The molecular formula is C20H29N7O4. The van der Waals surface area contributed by atoms with Crippen LogP contribution in [0.4, 0.5) is 5.69 Å². The molecule has 1 unspecified atom stereocenters. The molecule has 31 heavy (non-hydrogen) atoms. The van der Waals surface area contributed by atoms with Gasteiger partial charge in [0.25, 0.3) is 6.02 Å². The SMILES string of the molecule is CCOC(=O)CC1CN(c2ccc(-c3nnn(C)c3COC(=N)N)nc2CC)CCO1. The topological polar surface area (TPSA) is 141 Å². The third-order valence-corrected chi connectivity index (χ3v) is 5.01. The summed E-state index contributed by atoms with van der Waals surface area (Å²) in [6, 6.07) is 3.54. The summed E-state index contributed by atoms with van der Waals surface area (Å²) in [5.74, 6) is -0.249. The highest BCUT2D eigenvalue weighted by Gasteiger charge is 2.26. The van der Waals surface area contributed by atoms with Gasteiger partial charge in [0.05, 0.1) is 42.8 Å². The van der Waals surface area contributed by atoms with Gasteiger partial charge in [-0.3, -0.25) is 10.2 Å². The zero-order valence-electron chi connectivity index (χ0n) is 18.1. The Morgan fingerprint density at radius 1 is 1.35 bits per heavy atom. The Balaban J connectivity index is 1.81. The average Bonchev–Trinajstić information content (AvgIpc) is 3.12. The number of aryl methyl sites for hydroxylation is 2. The lowest BCUT2D eigenvalue weighted by molar-refractivity contribution is -0.146. The second kappa shape index (κ2) is 10.2. The van der Waals surface area contributed by atoms with Crippen LogP contribution in [0, 0.1) is 5.41 Å². The first-order chi connectivity index (χ1) is 14.9. The summed E-state index contributed by atoms with van der Waals surface area (Å²) < 4.78 is 17.5. The standard InChI is InChI=1S/C20H29N7O4/c1-4-14-16(27-8-9-30-13(11-27)10-18(28)29-5-2)7-6-15(23-14)19-17(12-31-20(21)22)26(3)25-24-19/h6-7,13H,4-5,8-12H2,1-3H3,(H3,21,22). The first kappa shape index (κ1) is 22.5. The highest BCUT2D eigenvalue weighted by atomic mass is 16.5. The number of ether oxygens (including phenoxy) is 3. The van der Waals surface area contributed by atoms with Crippen molar-refractivity contribution in [2.24, 2.45) is 12.8 Å². The number of hydrogen-bond acceptors (Lipinski definition) is 9. The highest BCUT2D eigenvalue weighted by molar-refractivity contribution is 5.70. The third-order valence-electron chi connectivity index (χ3n) is 5.01. The molecule has 0 aromatic carbocycles. The van der Waals surface area contributed by atoms with E-state index in [9.17, 15) is 4.79 Å². The second-order valence-corrected chi connectivity index (χ2v) is 7.13. The molecule has 0 saturated carbocycles. The van der Waals surface area contributed by atoms with Crippen LogP contribution < -0.4 is 10.6 Å². The molecule has 168 valence electrons. The maximum atomic E-state index is 11.8. The van der Waals surface area contributed by atoms with E-state index in [0.717, 1.165) is 24.3 Å². The Kier molecular flexibility index (Phi) is 7.40. The predicted octanol–water partition coefficient (Wildman–Crippen LogP) is 1.01. The van der Waals surface area contributed by atoms with Gasteiger partial charge < -0.3 is 24.8 Å². The van der Waals surface area contributed by atoms with Crippen LogP contribution in [0.25, 0.3) is 11.4 Å². The van der Waals surface area contributed by atoms with Crippen LogP contribution in [0.2, 0.25) is 0 Å². The number of aromatic nitrogens is 4. The summed E-state index contributed by atoms with van der Waals surface area (Å²) >= 11 is 0. The summed E-state index contributed by atoms with van der Waals surface area (Å²) in [6.07, 6.45) is 0.742. The number of nitrogens with one attached hydrogen (secondary N) is 1. The predicted molar refractivity (Wildman–Crippen MR) is 114 cm³/mol. The van der Waals surface area contributed by atoms with Gasteiger partial charge in [-0.1, -0.05) is 12.1 Å². The molecule has 1 fully saturated rings. The molecule has 3 rings (SSSR count). The van der Waals surface area contributed by atoms with Crippen LogP contribution in [-0.4, -0.2) is 64.4 Å². The molecule has 2 aromatic heterocycles. The maximum Gasteiger partial charge on any atom is 0.308 e. The first-order valence-corrected chi connectivity index (χ1v) is 10.3. The monoisotopic (exact) mass is 431 g/mol. The normalized spacial score (nSPS) is 16.2. The smallest absolute Gasteiger partial charge is 0.308 e. The molecule has 1 aliphatic heterocycles. The fourth-order valence-electron chi connectivity index (χ4n) is 3.53. The first-order valence-electron chi connectivity index (χ1n) is 10.3. The molecular weight excluding hydrogens is 402 g/mol. The Bertz CT molecular complexity index is 930. The Morgan fingerprint density at radius 3 is 2.87 bits per heavy atom. The second-order valence-electron chi connectivity index (χ2n) is 7.13. The van der Waals surface area contributed by atoms with E-state index in [2.05, 4.69) is 15.2 Å². The Morgan fingerprint density at radius 2 is 2.16 bits per heavy atom. The fourth-order valence-corrected chi connectivity index (χ4v) is 3.53. The lowest BCUT2D eigenvalue weighted by Gasteiger charge is -2.35. The number of carbonyl (C=O) groups is 1. The third kappa shape index (κ3) is 5.48. The van der Waals surface area contributed by atoms with E-state index < -0.39 is 0 Å². The summed E-state index contributed by atoms with van der Waals surface area (Å²) in [5, 5.41) is 15.5. The van der Waals surface area contributed by atoms with Crippen molar-refractivity contribution in [3.63, 3.8) is 0 Å². The number of morpholine rings is 1. The quantitative estimate of drug-likeness (QED) is 0.356. The number of amidine groups is 1. The van der Waals surface area contributed by atoms with E-state index in [0.29, 0.717) is 36.8 Å². The molecule has 11 heteroatoms. The summed E-state index contributed by atoms with van der Waals surface area (Å²) in [5.41, 5.74) is 9.17. The minimum Gasteiger partial charge on any atom is -0.466 e. The van der Waals surface area contributed by atoms with Crippen molar-refractivity contribution in [2.75, 3.05) is 31.2 Å². The van der Waals surface area contributed by atoms with Gasteiger partial charge in [0.15, 0.2) is 0 Å². The van der Waals surface area contributed by atoms with Gasteiger partial charge in [-0.05, 0) is 25.5 Å². The minimum absolute atomic E-state index is 0.0814. The number of rotatable bonds is 8. The number of nitrogens with two attached hydrogens (primary N) is 1. The molecule has 0 amide bonds. The largest absolute Gasteiger partial charge is 0.466 e.